The van der Waals surface area contributed by atoms with Crippen LogP contribution in [0.15, 0.2) is 27.6 Å². The summed E-state index contributed by atoms with van der Waals surface area (Å²) in [5.74, 6) is 0.00371. The first-order chi connectivity index (χ1) is 9.82. The smallest absolute Gasteiger partial charge is 0.244 e. The second-order valence-corrected chi connectivity index (χ2v) is 8.43. The average Bonchev–Trinajstić information content (AvgIpc) is 2.37. The van der Waals surface area contributed by atoms with E-state index in [9.17, 15) is 13.2 Å². The highest BCUT2D eigenvalue weighted by molar-refractivity contribution is 9.10. The lowest BCUT2D eigenvalue weighted by molar-refractivity contribution is -0.118. The molecular weight excluding hydrogens is 378 g/mol. The van der Waals surface area contributed by atoms with E-state index >= 15 is 0 Å². The van der Waals surface area contributed by atoms with Gasteiger partial charge in [-0.1, -0.05) is 34.0 Å². The fraction of sp³-hybridized carbons (Fsp3) is 0.500. The molecule has 0 N–H and O–H groups in total. The van der Waals surface area contributed by atoms with Gasteiger partial charge in [0.25, 0.3) is 0 Å². The third kappa shape index (κ3) is 3.86. The van der Waals surface area contributed by atoms with Crippen LogP contribution in [0, 0.1) is 0 Å². The number of halogens is 2. The largest absolute Gasteiger partial charge is 0.300 e. The summed E-state index contributed by atoms with van der Waals surface area (Å²) in [6.07, 6.45) is 2.72. The molecule has 1 aromatic rings. The Morgan fingerprint density at radius 2 is 2.14 bits per heavy atom. The molecule has 1 unspecified atom stereocenters. The maximum absolute atomic E-state index is 12.8. The Balaban J connectivity index is 2.38. The van der Waals surface area contributed by atoms with E-state index in [1.165, 1.54) is 17.3 Å². The molecular formula is C14H17BrClNO3S. The summed E-state index contributed by atoms with van der Waals surface area (Å²) in [6, 6.07) is 4.46. The number of benzene rings is 1. The van der Waals surface area contributed by atoms with Crippen molar-refractivity contribution < 1.29 is 13.2 Å². The average molecular weight is 395 g/mol. The Morgan fingerprint density at radius 3 is 2.76 bits per heavy atom. The molecule has 0 saturated carbocycles. The monoisotopic (exact) mass is 393 g/mol. The highest BCUT2D eigenvalue weighted by atomic mass is 79.9. The number of hydrogen-bond donors (Lipinski definition) is 0. The minimum absolute atomic E-state index is 0.00371. The number of rotatable bonds is 4. The molecule has 4 nitrogen and oxygen atoms in total. The van der Waals surface area contributed by atoms with Gasteiger partial charge in [-0.3, -0.25) is 4.79 Å². The summed E-state index contributed by atoms with van der Waals surface area (Å²) in [7, 11) is -3.68. The molecule has 0 aromatic heterocycles. The van der Waals surface area contributed by atoms with Gasteiger partial charge in [0.15, 0.2) is 0 Å². The van der Waals surface area contributed by atoms with Crippen LogP contribution in [-0.4, -0.2) is 31.1 Å². The lowest BCUT2D eigenvalue weighted by atomic mass is 10.0. The van der Waals surface area contributed by atoms with Gasteiger partial charge < -0.3 is 0 Å². The molecule has 0 bridgehead atoms. The number of carbonyl (C=O) groups is 1. The summed E-state index contributed by atoms with van der Waals surface area (Å²) in [5, 5.41) is 0.191. The topological polar surface area (TPSA) is 54.5 Å². The highest BCUT2D eigenvalue weighted by Gasteiger charge is 2.35. The fourth-order valence-electron chi connectivity index (χ4n) is 2.64. The molecule has 21 heavy (non-hydrogen) atoms. The van der Waals surface area contributed by atoms with Crippen molar-refractivity contribution in [1.82, 2.24) is 4.31 Å². The maximum Gasteiger partial charge on any atom is 0.244 e. The van der Waals surface area contributed by atoms with Crippen molar-refractivity contribution >= 4 is 43.3 Å². The van der Waals surface area contributed by atoms with Crippen LogP contribution in [0.3, 0.4) is 0 Å². The zero-order valence-electron chi connectivity index (χ0n) is 11.7. The van der Waals surface area contributed by atoms with Crippen molar-refractivity contribution in [3.63, 3.8) is 0 Å². The maximum atomic E-state index is 12.8. The summed E-state index contributed by atoms with van der Waals surface area (Å²) in [4.78, 5) is 11.5. The van der Waals surface area contributed by atoms with Gasteiger partial charge in [0, 0.05) is 23.5 Å². The number of ketones is 1. The van der Waals surface area contributed by atoms with Gasteiger partial charge in [-0.25, -0.2) is 8.42 Å². The first-order valence-electron chi connectivity index (χ1n) is 6.78. The zero-order valence-corrected chi connectivity index (χ0v) is 14.8. The van der Waals surface area contributed by atoms with E-state index < -0.39 is 10.0 Å². The molecule has 0 spiro atoms. The third-order valence-electron chi connectivity index (χ3n) is 3.58. The predicted octanol–water partition coefficient (Wildman–Crippen LogP) is 3.62. The number of carbonyl (C=O) groups excluding carboxylic acids is 1. The van der Waals surface area contributed by atoms with Gasteiger partial charge >= 0.3 is 0 Å². The summed E-state index contributed by atoms with van der Waals surface area (Å²) < 4.78 is 27.8. The van der Waals surface area contributed by atoms with E-state index in [-0.39, 0.29) is 28.2 Å². The first-order valence-corrected chi connectivity index (χ1v) is 9.40. The quantitative estimate of drug-likeness (QED) is 0.783. The molecule has 1 heterocycles. The predicted molar refractivity (Wildman–Crippen MR) is 86.0 cm³/mol. The third-order valence-corrected chi connectivity index (χ3v) is 6.50. The molecule has 1 aromatic carbocycles. The molecule has 1 aliphatic rings. The Kier molecular flexibility index (Phi) is 5.46. The van der Waals surface area contributed by atoms with Gasteiger partial charge in [-0.2, -0.15) is 4.31 Å². The van der Waals surface area contributed by atoms with Gasteiger partial charge in [-0.05, 0) is 38.0 Å². The second kappa shape index (κ2) is 6.77. The molecule has 1 fully saturated rings. The van der Waals surface area contributed by atoms with Crippen LogP contribution in [0.1, 0.15) is 32.6 Å². The van der Waals surface area contributed by atoms with Crippen LogP contribution in [0.4, 0.5) is 0 Å². The Hall–Kier alpha value is -0.430. The molecule has 0 amide bonds. The van der Waals surface area contributed by atoms with Crippen LogP contribution in [-0.2, 0) is 14.8 Å². The number of nitrogens with zero attached hydrogens (tertiary/aromatic N) is 1. The molecule has 2 rings (SSSR count). The summed E-state index contributed by atoms with van der Waals surface area (Å²) in [6.45, 7) is 1.93. The number of sulfonamides is 1. The number of Topliss-reactive ketones (excluding diaryl/α,β-unsaturated/α-hetero) is 1. The molecule has 1 atom stereocenters. The summed E-state index contributed by atoms with van der Waals surface area (Å²) in [5.41, 5.74) is 0. The van der Waals surface area contributed by atoms with E-state index in [0.29, 0.717) is 13.0 Å². The van der Waals surface area contributed by atoms with E-state index in [1.54, 1.807) is 12.1 Å². The Bertz CT molecular complexity index is 648. The minimum Gasteiger partial charge on any atom is -0.300 e. The lowest BCUT2D eigenvalue weighted by Gasteiger charge is -2.34. The van der Waals surface area contributed by atoms with E-state index in [1.807, 2.05) is 0 Å². The van der Waals surface area contributed by atoms with Crippen molar-refractivity contribution in [2.24, 2.45) is 0 Å². The molecule has 7 heteroatoms. The Labute approximate surface area is 138 Å². The molecule has 0 radical (unpaired) electrons. The van der Waals surface area contributed by atoms with Crippen LogP contribution in [0.2, 0.25) is 5.02 Å². The van der Waals surface area contributed by atoms with Crippen molar-refractivity contribution in [3.8, 4) is 0 Å². The molecule has 1 aliphatic heterocycles. The van der Waals surface area contributed by atoms with Gasteiger partial charge in [0.05, 0.1) is 5.02 Å². The van der Waals surface area contributed by atoms with Gasteiger partial charge in [0.2, 0.25) is 10.0 Å². The molecule has 116 valence electrons. The Morgan fingerprint density at radius 1 is 1.43 bits per heavy atom. The minimum atomic E-state index is -3.68. The molecule has 1 saturated heterocycles. The normalized spacial score (nSPS) is 20.4. The van der Waals surface area contributed by atoms with Crippen LogP contribution < -0.4 is 0 Å². The van der Waals surface area contributed by atoms with Crippen LogP contribution >= 0.6 is 27.5 Å². The van der Waals surface area contributed by atoms with E-state index in [0.717, 1.165) is 17.3 Å². The van der Waals surface area contributed by atoms with Crippen molar-refractivity contribution in [2.45, 2.75) is 43.5 Å². The van der Waals surface area contributed by atoms with Crippen molar-refractivity contribution in [1.29, 1.82) is 0 Å². The van der Waals surface area contributed by atoms with E-state index in [4.69, 9.17) is 11.6 Å². The standard InChI is InChI=1S/C14H17BrClNO3S/c1-10(18)8-12-4-2-3-7-17(12)21(19,20)14-6-5-11(15)9-13(14)16/h5-6,9,12H,2-4,7-8H2,1H3. The number of hydrogen-bond acceptors (Lipinski definition) is 3. The highest BCUT2D eigenvalue weighted by Crippen LogP contribution is 2.32. The van der Waals surface area contributed by atoms with Gasteiger partial charge in [0.1, 0.15) is 10.7 Å². The second-order valence-electron chi connectivity index (χ2n) is 5.25. The summed E-state index contributed by atoms with van der Waals surface area (Å²) >= 11 is 9.35. The zero-order chi connectivity index (χ0) is 15.6. The molecule has 0 aliphatic carbocycles. The van der Waals surface area contributed by atoms with Crippen LogP contribution in [0.5, 0.6) is 0 Å². The van der Waals surface area contributed by atoms with E-state index in [2.05, 4.69) is 15.9 Å². The van der Waals surface area contributed by atoms with Crippen LogP contribution in [0.25, 0.3) is 0 Å². The first kappa shape index (κ1) is 16.9. The van der Waals surface area contributed by atoms with Crippen molar-refractivity contribution in [3.05, 3.63) is 27.7 Å². The van der Waals surface area contributed by atoms with Gasteiger partial charge in [-0.15, -0.1) is 0 Å². The fourth-order valence-corrected chi connectivity index (χ4v) is 5.34. The SMILES string of the molecule is CC(=O)CC1CCCCN1S(=O)(=O)c1ccc(Br)cc1Cl. The van der Waals surface area contributed by atoms with Crippen molar-refractivity contribution in [2.75, 3.05) is 6.54 Å². The lowest BCUT2D eigenvalue weighted by Crippen LogP contribution is -2.44. The number of piperidine rings is 1.